The summed E-state index contributed by atoms with van der Waals surface area (Å²) >= 11 is 3.40. The molecule has 5 rings (SSSR count). The number of likely N-dealkylation sites (tertiary alicyclic amines) is 1. The minimum absolute atomic E-state index is 0.0481. The molecule has 0 unspecified atom stereocenters. The number of carbonyl (C=O) groups is 1. The molecule has 0 spiro atoms. The summed E-state index contributed by atoms with van der Waals surface area (Å²) in [6.07, 6.45) is 1.99. The maximum absolute atomic E-state index is 13.6. The molecule has 1 aromatic heterocycles. The highest BCUT2D eigenvalue weighted by molar-refractivity contribution is 9.10. The van der Waals surface area contributed by atoms with Crippen molar-refractivity contribution in [2.75, 3.05) is 18.8 Å². The standard InChI is InChI=1S/C26H25BrN4O5S2/c27-22-7-4-8-23-25(22)24(17-31(23)38(35,36)21-5-2-1-3-6-21)37(33,34)29-20-13-15-30(16-14-20)26(32)18-9-11-19(28)12-10-18/h1-12,17,20,29H,13-16,28H2. The van der Waals surface area contributed by atoms with Crippen LogP contribution in [0, 0.1) is 0 Å². The fourth-order valence-electron chi connectivity index (χ4n) is 4.58. The molecule has 0 atom stereocenters. The summed E-state index contributed by atoms with van der Waals surface area (Å²) in [4.78, 5) is 14.4. The number of nitrogens with one attached hydrogen (secondary N) is 1. The molecule has 3 N–H and O–H groups in total. The average Bonchev–Trinajstić information content (AvgIpc) is 3.33. The molecule has 198 valence electrons. The van der Waals surface area contributed by atoms with Crippen LogP contribution in [0.3, 0.4) is 0 Å². The van der Waals surface area contributed by atoms with E-state index in [1.54, 1.807) is 65.6 Å². The summed E-state index contributed by atoms with van der Waals surface area (Å²) in [5.41, 5.74) is 7.04. The molecule has 0 saturated carbocycles. The lowest BCUT2D eigenvalue weighted by molar-refractivity contribution is 0.0711. The Morgan fingerprint density at radius 3 is 2.21 bits per heavy atom. The summed E-state index contributed by atoms with van der Waals surface area (Å²) in [6, 6.07) is 19.0. The number of halogens is 1. The molecule has 9 nitrogen and oxygen atoms in total. The van der Waals surface area contributed by atoms with Crippen molar-refractivity contribution in [1.29, 1.82) is 0 Å². The first kappa shape index (κ1) is 26.4. The molecule has 0 aliphatic carbocycles. The summed E-state index contributed by atoms with van der Waals surface area (Å²) in [6.45, 7) is 0.758. The monoisotopic (exact) mass is 616 g/mol. The third-order valence-electron chi connectivity index (χ3n) is 6.56. The number of rotatable bonds is 6. The van der Waals surface area contributed by atoms with E-state index in [0.29, 0.717) is 41.7 Å². The van der Waals surface area contributed by atoms with Crippen molar-refractivity contribution in [3.8, 4) is 0 Å². The topological polar surface area (TPSA) is 132 Å². The molecule has 1 aliphatic heterocycles. The largest absolute Gasteiger partial charge is 0.399 e. The number of piperidine rings is 1. The Morgan fingerprint density at radius 1 is 0.895 bits per heavy atom. The third-order valence-corrected chi connectivity index (χ3v) is 10.4. The van der Waals surface area contributed by atoms with Crippen molar-refractivity contribution >= 4 is 58.5 Å². The van der Waals surface area contributed by atoms with Crippen LogP contribution in [-0.4, -0.2) is 50.7 Å². The lowest BCUT2D eigenvalue weighted by Crippen LogP contribution is -2.46. The minimum Gasteiger partial charge on any atom is -0.399 e. The first-order chi connectivity index (χ1) is 18.1. The van der Waals surface area contributed by atoms with Gasteiger partial charge in [-0.3, -0.25) is 4.79 Å². The van der Waals surface area contributed by atoms with Crippen LogP contribution in [-0.2, 0) is 20.0 Å². The van der Waals surface area contributed by atoms with Gasteiger partial charge in [-0.1, -0.05) is 40.2 Å². The van der Waals surface area contributed by atoms with Crippen molar-refractivity contribution in [3.63, 3.8) is 0 Å². The number of fused-ring (bicyclic) bond motifs is 1. The molecule has 1 saturated heterocycles. The highest BCUT2D eigenvalue weighted by Crippen LogP contribution is 2.34. The van der Waals surface area contributed by atoms with Crippen LogP contribution >= 0.6 is 15.9 Å². The van der Waals surface area contributed by atoms with Gasteiger partial charge in [-0.05, 0) is 61.4 Å². The van der Waals surface area contributed by atoms with E-state index in [-0.39, 0.29) is 26.6 Å². The van der Waals surface area contributed by atoms with E-state index >= 15 is 0 Å². The van der Waals surface area contributed by atoms with Crippen molar-refractivity contribution in [2.45, 2.75) is 28.7 Å². The molecule has 0 radical (unpaired) electrons. The van der Waals surface area contributed by atoms with Crippen molar-refractivity contribution in [3.05, 3.63) is 89.0 Å². The first-order valence-electron chi connectivity index (χ1n) is 11.9. The summed E-state index contributed by atoms with van der Waals surface area (Å²) in [5.74, 6) is -0.135. The minimum atomic E-state index is -4.11. The van der Waals surface area contributed by atoms with E-state index in [1.807, 2.05) is 0 Å². The van der Waals surface area contributed by atoms with Crippen LogP contribution in [0.2, 0.25) is 0 Å². The molecule has 2 heterocycles. The van der Waals surface area contributed by atoms with Gasteiger partial charge >= 0.3 is 0 Å². The molecule has 3 aromatic carbocycles. The van der Waals surface area contributed by atoms with E-state index in [2.05, 4.69) is 20.7 Å². The van der Waals surface area contributed by atoms with Gasteiger partial charge in [0, 0.05) is 46.4 Å². The highest BCUT2D eigenvalue weighted by Gasteiger charge is 2.31. The number of hydrogen-bond acceptors (Lipinski definition) is 6. The quantitative estimate of drug-likeness (QED) is 0.317. The Kier molecular flexibility index (Phi) is 7.07. The molecule has 4 aromatic rings. The molecule has 1 fully saturated rings. The third kappa shape index (κ3) is 4.96. The lowest BCUT2D eigenvalue weighted by Gasteiger charge is -2.32. The predicted molar refractivity (Wildman–Crippen MR) is 149 cm³/mol. The number of hydrogen-bond donors (Lipinski definition) is 2. The van der Waals surface area contributed by atoms with Gasteiger partial charge < -0.3 is 10.6 Å². The number of benzene rings is 3. The SMILES string of the molecule is Nc1ccc(C(=O)N2CCC(NS(=O)(=O)c3cn(S(=O)(=O)c4ccccc4)c4cccc(Br)c34)CC2)cc1. The van der Waals surface area contributed by atoms with Gasteiger partial charge in [-0.15, -0.1) is 0 Å². The zero-order chi connectivity index (χ0) is 27.1. The molecular weight excluding hydrogens is 592 g/mol. The maximum atomic E-state index is 13.6. The van der Waals surface area contributed by atoms with E-state index in [4.69, 9.17) is 5.73 Å². The smallest absolute Gasteiger partial charge is 0.268 e. The van der Waals surface area contributed by atoms with E-state index in [9.17, 15) is 21.6 Å². The fourth-order valence-corrected chi connectivity index (χ4v) is 8.26. The average molecular weight is 618 g/mol. The molecule has 1 aliphatic rings. The van der Waals surface area contributed by atoms with Crippen LogP contribution in [0.1, 0.15) is 23.2 Å². The zero-order valence-corrected chi connectivity index (χ0v) is 23.3. The van der Waals surface area contributed by atoms with Crippen LogP contribution < -0.4 is 10.5 Å². The molecule has 12 heteroatoms. The normalized spacial score (nSPS) is 15.1. The number of aromatic nitrogens is 1. The number of nitrogens with zero attached hydrogens (tertiary/aromatic N) is 2. The summed E-state index contributed by atoms with van der Waals surface area (Å²) in [7, 11) is -8.16. The van der Waals surface area contributed by atoms with E-state index in [0.717, 1.165) is 10.2 Å². The molecule has 38 heavy (non-hydrogen) atoms. The molecule has 1 amide bonds. The number of carbonyl (C=O) groups excluding carboxylic acids is 1. The number of amides is 1. The fraction of sp³-hybridized carbons (Fsp3) is 0.192. The Hall–Kier alpha value is -3.19. The van der Waals surface area contributed by atoms with Gasteiger partial charge in [0.05, 0.1) is 10.4 Å². The Morgan fingerprint density at radius 2 is 1.55 bits per heavy atom. The number of nitrogens with two attached hydrogens (primary N) is 1. The predicted octanol–water partition coefficient (Wildman–Crippen LogP) is 3.81. The lowest BCUT2D eigenvalue weighted by atomic mass is 10.0. The second kappa shape index (κ2) is 10.2. The van der Waals surface area contributed by atoms with Gasteiger partial charge in [0.15, 0.2) is 0 Å². The molecular formula is C26H25BrN4O5S2. The van der Waals surface area contributed by atoms with Crippen LogP contribution in [0.5, 0.6) is 0 Å². The number of nitrogen functional groups attached to an aromatic ring is 1. The first-order valence-corrected chi connectivity index (χ1v) is 15.6. The van der Waals surface area contributed by atoms with Crippen molar-refractivity contribution < 1.29 is 21.6 Å². The Balaban J connectivity index is 1.40. The van der Waals surface area contributed by atoms with Crippen LogP contribution in [0.25, 0.3) is 10.9 Å². The van der Waals surface area contributed by atoms with E-state index in [1.165, 1.54) is 12.1 Å². The molecule has 0 bridgehead atoms. The highest BCUT2D eigenvalue weighted by atomic mass is 79.9. The van der Waals surface area contributed by atoms with Gasteiger partial charge in [0.25, 0.3) is 15.9 Å². The summed E-state index contributed by atoms with van der Waals surface area (Å²) in [5, 5.41) is 0.274. The van der Waals surface area contributed by atoms with Crippen LogP contribution in [0.4, 0.5) is 5.69 Å². The maximum Gasteiger partial charge on any atom is 0.268 e. The number of sulfonamides is 1. The Labute approximate surface area is 229 Å². The van der Waals surface area contributed by atoms with Gasteiger partial charge in [-0.25, -0.2) is 25.5 Å². The van der Waals surface area contributed by atoms with Crippen LogP contribution in [0.15, 0.2) is 93.3 Å². The zero-order valence-electron chi connectivity index (χ0n) is 20.1. The van der Waals surface area contributed by atoms with Gasteiger partial charge in [0.1, 0.15) is 4.90 Å². The Bertz CT molecular complexity index is 1710. The number of anilines is 1. The second-order valence-corrected chi connectivity index (χ2v) is 13.4. The second-order valence-electron chi connectivity index (χ2n) is 9.05. The van der Waals surface area contributed by atoms with Crippen molar-refractivity contribution in [2.24, 2.45) is 0 Å². The van der Waals surface area contributed by atoms with Gasteiger partial charge in [-0.2, -0.15) is 0 Å². The summed E-state index contributed by atoms with van der Waals surface area (Å²) < 4.78 is 58.2. The van der Waals surface area contributed by atoms with Crippen molar-refractivity contribution in [1.82, 2.24) is 13.6 Å². The van der Waals surface area contributed by atoms with Gasteiger partial charge in [0.2, 0.25) is 10.0 Å². The van der Waals surface area contributed by atoms with E-state index < -0.39 is 26.1 Å².